The average molecular weight is 354 g/mol. The fraction of sp³-hybridized carbons (Fsp3) is 0.714. The van der Waals surface area contributed by atoms with Crippen LogP contribution in [0.5, 0.6) is 0 Å². The van der Waals surface area contributed by atoms with Crippen molar-refractivity contribution >= 4 is 33.0 Å². The Hall–Kier alpha value is -0.140. The first-order valence-electron chi connectivity index (χ1n) is 6.94. The topological polar surface area (TPSA) is 66.4 Å². The van der Waals surface area contributed by atoms with Crippen molar-refractivity contribution in [2.45, 2.75) is 57.4 Å². The Morgan fingerprint density at radius 3 is 2.33 bits per heavy atom. The van der Waals surface area contributed by atoms with E-state index < -0.39 is 27.6 Å². The molecule has 0 spiro atoms. The van der Waals surface area contributed by atoms with E-state index in [4.69, 9.17) is 11.6 Å². The smallest absolute Gasteiger partial charge is 0.250 e. The van der Waals surface area contributed by atoms with Crippen LogP contribution in [-0.2, 0) is 10.0 Å². The maximum atomic E-state index is 12.4. The van der Waals surface area contributed by atoms with Crippen LogP contribution in [0, 0.1) is 11.3 Å². The maximum Gasteiger partial charge on any atom is 0.250 e. The van der Waals surface area contributed by atoms with Gasteiger partial charge in [0.05, 0.1) is 16.5 Å². The van der Waals surface area contributed by atoms with Crippen LogP contribution >= 0.6 is 22.9 Å². The van der Waals surface area contributed by atoms with Crippen molar-refractivity contribution in [1.29, 1.82) is 0 Å². The third kappa shape index (κ3) is 4.93. The van der Waals surface area contributed by atoms with Crippen molar-refractivity contribution in [2.24, 2.45) is 11.3 Å². The molecule has 0 aliphatic rings. The number of aliphatic hydroxyl groups is 1. The monoisotopic (exact) mass is 353 g/mol. The van der Waals surface area contributed by atoms with E-state index in [1.165, 1.54) is 6.07 Å². The molecule has 0 aromatic carbocycles. The number of nitrogens with one attached hydrogen (secondary N) is 1. The Morgan fingerprint density at radius 1 is 1.38 bits per heavy atom. The lowest BCUT2D eigenvalue weighted by molar-refractivity contribution is 0.0191. The summed E-state index contributed by atoms with van der Waals surface area (Å²) in [4.78, 5) is 0. The molecule has 1 unspecified atom stereocenters. The van der Waals surface area contributed by atoms with Crippen LogP contribution in [0.3, 0.4) is 0 Å². The molecule has 0 saturated carbocycles. The molecule has 122 valence electrons. The van der Waals surface area contributed by atoms with E-state index in [1.807, 2.05) is 34.6 Å². The van der Waals surface area contributed by atoms with Crippen molar-refractivity contribution in [3.05, 3.63) is 16.5 Å². The molecule has 0 bridgehead atoms. The van der Waals surface area contributed by atoms with Gasteiger partial charge in [0, 0.05) is 0 Å². The quantitative estimate of drug-likeness (QED) is 0.822. The van der Waals surface area contributed by atoms with Crippen molar-refractivity contribution < 1.29 is 13.5 Å². The van der Waals surface area contributed by atoms with Crippen molar-refractivity contribution in [1.82, 2.24) is 4.72 Å². The third-order valence-electron chi connectivity index (χ3n) is 3.59. The van der Waals surface area contributed by atoms with Crippen molar-refractivity contribution in [3.63, 3.8) is 0 Å². The molecular formula is C14H24ClNO3S2. The zero-order chi connectivity index (χ0) is 16.4. The van der Waals surface area contributed by atoms with Gasteiger partial charge in [0.25, 0.3) is 0 Å². The summed E-state index contributed by atoms with van der Waals surface area (Å²) >= 11 is 6.81. The molecule has 2 N–H and O–H groups in total. The Morgan fingerprint density at radius 2 is 1.95 bits per heavy atom. The highest BCUT2D eigenvalue weighted by Crippen LogP contribution is 2.30. The van der Waals surface area contributed by atoms with Crippen molar-refractivity contribution in [2.75, 3.05) is 0 Å². The molecule has 1 aromatic heterocycles. The summed E-state index contributed by atoms with van der Waals surface area (Å²) in [6.07, 6.45) is -0.0106. The molecule has 1 heterocycles. The van der Waals surface area contributed by atoms with E-state index in [0.717, 1.165) is 17.8 Å². The molecule has 0 radical (unpaired) electrons. The molecule has 0 amide bonds. The average Bonchev–Trinajstić information content (AvgIpc) is 2.80. The SMILES string of the molecule is CC[C@H](C)C(NS(=O)(=O)c1ccc(Cl)s1)[C@H](O)C(C)(C)C. The minimum atomic E-state index is -3.68. The number of aliphatic hydroxyl groups excluding tert-OH is 1. The zero-order valence-corrected chi connectivity index (χ0v) is 15.4. The molecule has 0 fully saturated rings. The molecule has 1 rings (SSSR count). The van der Waals surface area contributed by atoms with Crippen LogP contribution in [0.15, 0.2) is 16.3 Å². The molecule has 0 aliphatic carbocycles. The predicted octanol–water partition coefficient (Wildman–Crippen LogP) is 3.50. The fourth-order valence-electron chi connectivity index (χ4n) is 1.96. The van der Waals surface area contributed by atoms with Gasteiger partial charge in [0.15, 0.2) is 0 Å². The van der Waals surface area contributed by atoms with Crippen LogP contribution < -0.4 is 4.72 Å². The molecular weight excluding hydrogens is 330 g/mol. The second-order valence-corrected chi connectivity index (χ2v) is 10.1. The summed E-state index contributed by atoms with van der Waals surface area (Å²) in [5, 5.41) is 10.5. The lowest BCUT2D eigenvalue weighted by Gasteiger charge is -2.36. The highest BCUT2D eigenvalue weighted by atomic mass is 35.5. The highest BCUT2D eigenvalue weighted by molar-refractivity contribution is 7.91. The standard InChI is InChI=1S/C14H24ClNO3S2/c1-6-9(2)12(13(17)14(3,4)5)16-21(18,19)11-8-7-10(15)20-11/h7-9,12-13,16-17H,6H2,1-5H3/t9-,12?,13-/m0/s1. The zero-order valence-electron chi connectivity index (χ0n) is 13.1. The predicted molar refractivity (Wildman–Crippen MR) is 88.4 cm³/mol. The van der Waals surface area contributed by atoms with Gasteiger partial charge in [0.2, 0.25) is 10.0 Å². The van der Waals surface area contributed by atoms with Crippen LogP contribution in [0.2, 0.25) is 4.34 Å². The molecule has 1 aromatic rings. The van der Waals surface area contributed by atoms with Crippen LogP contribution in [0.4, 0.5) is 0 Å². The summed E-state index contributed by atoms with van der Waals surface area (Å²) in [6.45, 7) is 9.59. The normalized spacial score (nSPS) is 17.5. The van der Waals surface area contributed by atoms with E-state index in [0.29, 0.717) is 4.34 Å². The Balaban J connectivity index is 3.07. The second-order valence-electron chi connectivity index (χ2n) is 6.40. The number of sulfonamides is 1. The number of rotatable bonds is 6. The van der Waals surface area contributed by atoms with Crippen molar-refractivity contribution in [3.8, 4) is 0 Å². The summed E-state index contributed by atoms with van der Waals surface area (Å²) in [6, 6.07) is 2.49. The van der Waals surface area contributed by atoms with Gasteiger partial charge in [-0.15, -0.1) is 11.3 Å². The number of halogens is 1. The molecule has 7 heteroatoms. The van der Waals surface area contributed by atoms with E-state index >= 15 is 0 Å². The van der Waals surface area contributed by atoms with Gasteiger partial charge in [0.1, 0.15) is 4.21 Å². The van der Waals surface area contributed by atoms with E-state index in [-0.39, 0.29) is 10.1 Å². The molecule has 0 aliphatic heterocycles. The van der Waals surface area contributed by atoms with Crippen LogP contribution in [0.25, 0.3) is 0 Å². The van der Waals surface area contributed by atoms with Gasteiger partial charge in [-0.1, -0.05) is 52.6 Å². The number of hydrogen-bond donors (Lipinski definition) is 2. The van der Waals surface area contributed by atoms with Crippen LogP contribution in [0.1, 0.15) is 41.0 Å². The molecule has 3 atom stereocenters. The summed E-state index contributed by atoms with van der Waals surface area (Å²) < 4.78 is 28.1. The minimum absolute atomic E-state index is 0.0180. The van der Waals surface area contributed by atoms with Gasteiger partial charge in [-0.05, 0) is 23.5 Å². The van der Waals surface area contributed by atoms with Gasteiger partial charge in [-0.3, -0.25) is 0 Å². The second kappa shape index (κ2) is 6.96. The van der Waals surface area contributed by atoms with E-state index in [2.05, 4.69) is 4.72 Å². The molecule has 21 heavy (non-hydrogen) atoms. The first-order chi connectivity index (χ1) is 9.49. The van der Waals surface area contributed by atoms with E-state index in [9.17, 15) is 13.5 Å². The number of thiophene rings is 1. The minimum Gasteiger partial charge on any atom is -0.391 e. The third-order valence-corrected chi connectivity index (χ3v) is 6.77. The Labute approximate surface area is 136 Å². The van der Waals surface area contributed by atoms with Gasteiger partial charge in [-0.25, -0.2) is 13.1 Å². The summed E-state index contributed by atoms with van der Waals surface area (Å²) in [5.41, 5.74) is -0.413. The summed E-state index contributed by atoms with van der Waals surface area (Å²) in [7, 11) is -3.68. The maximum absolute atomic E-state index is 12.4. The highest BCUT2D eigenvalue weighted by Gasteiger charge is 2.36. The summed E-state index contributed by atoms with van der Waals surface area (Å²) in [5.74, 6) is 0.0180. The lowest BCUT2D eigenvalue weighted by atomic mass is 9.80. The van der Waals surface area contributed by atoms with Gasteiger partial charge < -0.3 is 5.11 Å². The Bertz CT molecular complexity index is 563. The first-order valence-corrected chi connectivity index (χ1v) is 9.62. The number of hydrogen-bond acceptors (Lipinski definition) is 4. The lowest BCUT2D eigenvalue weighted by Crippen LogP contribution is -2.51. The van der Waals surface area contributed by atoms with E-state index in [1.54, 1.807) is 6.07 Å². The Kier molecular flexibility index (Phi) is 6.27. The molecule has 0 saturated heterocycles. The fourth-order valence-corrected chi connectivity index (χ4v) is 4.81. The largest absolute Gasteiger partial charge is 0.391 e. The van der Waals surface area contributed by atoms with Gasteiger partial charge >= 0.3 is 0 Å². The molecule has 4 nitrogen and oxygen atoms in total. The van der Waals surface area contributed by atoms with Gasteiger partial charge in [-0.2, -0.15) is 0 Å². The first kappa shape index (κ1) is 18.9. The van der Waals surface area contributed by atoms with Crippen LogP contribution in [-0.4, -0.2) is 25.7 Å².